The number of rotatable bonds is 12. The normalized spacial score (nSPS) is 15.6. The second-order valence-electron chi connectivity index (χ2n) is 19.2. The number of benzene rings is 9. The summed E-state index contributed by atoms with van der Waals surface area (Å²) in [5, 5.41) is 10.3. The van der Waals surface area contributed by atoms with Crippen LogP contribution in [0.5, 0.6) is 0 Å². The van der Waals surface area contributed by atoms with E-state index in [1.807, 2.05) is 0 Å². The van der Waals surface area contributed by atoms with Gasteiger partial charge < -0.3 is 0 Å². The van der Waals surface area contributed by atoms with Crippen molar-refractivity contribution in [3.63, 3.8) is 0 Å². The molecule has 77 heavy (non-hydrogen) atoms. The van der Waals surface area contributed by atoms with Crippen LogP contribution in [0.3, 0.4) is 0 Å². The van der Waals surface area contributed by atoms with Crippen LogP contribution in [-0.2, 0) is 22.7 Å². The summed E-state index contributed by atoms with van der Waals surface area (Å²) in [6.45, 7) is 5.29. The van der Waals surface area contributed by atoms with Gasteiger partial charge in [0.2, 0.25) is 0 Å². The van der Waals surface area contributed by atoms with E-state index in [9.17, 15) is 0 Å². The van der Waals surface area contributed by atoms with Crippen molar-refractivity contribution in [2.45, 2.75) is 13.8 Å². The van der Waals surface area contributed by atoms with Crippen molar-refractivity contribution in [3.05, 3.63) is 334 Å². The summed E-state index contributed by atoms with van der Waals surface area (Å²) < 4.78 is 10.00. The molecule has 0 atom stereocenters. The molecule has 2 aliphatic heterocycles. The maximum absolute atomic E-state index is 6.12. The third kappa shape index (κ3) is 9.78. The van der Waals surface area contributed by atoms with Gasteiger partial charge in [0.15, 0.2) is 0 Å². The molecule has 0 radical (unpaired) electrons. The summed E-state index contributed by atoms with van der Waals surface area (Å²) in [6, 6.07) is 96.4. The molecular formula is C73H57OOsPSi+. The van der Waals surface area contributed by atoms with E-state index >= 15 is 0 Å². The maximum atomic E-state index is 6.12. The van der Waals surface area contributed by atoms with Gasteiger partial charge in [-0.05, 0) is 23.6 Å². The number of ether oxygens (including phenoxy) is 1. The first kappa shape index (κ1) is 51.1. The predicted octanol–water partition coefficient (Wildman–Crippen LogP) is 14.6. The van der Waals surface area contributed by atoms with Gasteiger partial charge in [-0.1, -0.05) is 158 Å². The third-order valence-electron chi connectivity index (χ3n) is 14.8. The van der Waals surface area contributed by atoms with Crippen molar-refractivity contribution in [2.24, 2.45) is 0 Å². The van der Waals surface area contributed by atoms with Crippen molar-refractivity contribution >= 4 is 69.2 Å². The fourth-order valence-electron chi connectivity index (χ4n) is 11.5. The van der Waals surface area contributed by atoms with Crippen molar-refractivity contribution in [3.8, 4) is 16.2 Å². The number of hydrogen-bond donors (Lipinski definition) is 0. The van der Waals surface area contributed by atoms with Gasteiger partial charge in [0.1, 0.15) is 0 Å². The van der Waals surface area contributed by atoms with Gasteiger partial charge >= 0.3 is 288 Å². The van der Waals surface area contributed by atoms with Gasteiger partial charge in [0.05, 0.1) is 0 Å². The molecule has 0 aromatic heterocycles. The van der Waals surface area contributed by atoms with E-state index < -0.39 is 15.3 Å². The molecule has 0 amide bonds. The molecule has 0 unspecified atom stereocenters. The molecule has 11 rings (SSSR count). The van der Waals surface area contributed by atoms with E-state index in [0.717, 1.165) is 22.0 Å². The first-order valence-electron chi connectivity index (χ1n) is 26.3. The monoisotopic (exact) mass is 1200 g/mol. The Morgan fingerprint density at radius 2 is 0.870 bits per heavy atom. The topological polar surface area (TPSA) is 9.23 Å². The number of allylic oxidation sites excluding steroid dienone is 7. The zero-order chi connectivity index (χ0) is 52.4. The van der Waals surface area contributed by atoms with E-state index in [2.05, 4.69) is 315 Å². The molecule has 0 bridgehead atoms. The van der Waals surface area contributed by atoms with Gasteiger partial charge in [-0.25, -0.2) is 0 Å². The first-order valence-corrected chi connectivity index (χ1v) is 31.3. The molecule has 0 saturated carbocycles. The van der Waals surface area contributed by atoms with E-state index in [1.165, 1.54) is 81.2 Å². The molecule has 0 spiro atoms. The molecule has 1 nitrogen and oxygen atoms in total. The van der Waals surface area contributed by atoms with E-state index in [0.29, 0.717) is 13.2 Å². The Bertz CT molecular complexity index is 3710. The van der Waals surface area contributed by atoms with Crippen LogP contribution in [-0.4, -0.2) is 21.3 Å². The Hall–Kier alpha value is -8.00. The molecular weight excluding hydrogens is 1140 g/mol. The van der Waals surface area contributed by atoms with Crippen LogP contribution in [0.25, 0.3) is 27.6 Å². The average Bonchev–Trinajstić information content (AvgIpc) is 4.22. The molecule has 371 valence electrons. The SMILES string of the molecule is CC=C1COCC1=CC(C#Cc1ccc(C2=C(c3ccccc3)C(c3ccccc3)=C(c3ccc(/C=C/C)cc3)[Si]2(c2ccccc2)c2ccccc2)cc1)=C([C]#[Os])[P+](c1ccccc1)(c1ccccc1)c1ccccc1. The molecule has 0 aliphatic carbocycles. The summed E-state index contributed by atoms with van der Waals surface area (Å²) >= 11 is 1.79. The van der Waals surface area contributed by atoms with Gasteiger partial charge in [0.25, 0.3) is 0 Å². The summed E-state index contributed by atoms with van der Waals surface area (Å²) in [5.41, 5.74) is 12.7. The van der Waals surface area contributed by atoms with Crippen LogP contribution in [0.2, 0.25) is 0 Å². The average molecular weight is 1200 g/mol. The van der Waals surface area contributed by atoms with Crippen LogP contribution >= 0.6 is 7.26 Å². The first-order chi connectivity index (χ1) is 38.1. The number of hydrogen-bond acceptors (Lipinski definition) is 1. The van der Waals surface area contributed by atoms with Crippen LogP contribution in [0.15, 0.2) is 301 Å². The second kappa shape index (κ2) is 23.5. The van der Waals surface area contributed by atoms with Crippen molar-refractivity contribution in [2.75, 3.05) is 13.2 Å². The van der Waals surface area contributed by atoms with E-state index in [4.69, 9.17) is 4.74 Å². The Balaban J connectivity index is 1.18. The molecule has 9 aromatic rings. The minimum absolute atomic E-state index is 0.528. The molecule has 1 saturated heterocycles. The van der Waals surface area contributed by atoms with Crippen LogP contribution < -0.4 is 26.3 Å². The van der Waals surface area contributed by atoms with Crippen molar-refractivity contribution in [1.29, 1.82) is 0 Å². The van der Waals surface area contributed by atoms with E-state index in [1.54, 1.807) is 17.9 Å². The Kier molecular flexibility index (Phi) is 15.6. The zero-order valence-corrected chi connectivity index (χ0v) is 47.7. The molecule has 2 aliphatic rings. The summed E-state index contributed by atoms with van der Waals surface area (Å²) in [4.78, 5) is 0. The Morgan fingerprint density at radius 1 is 0.468 bits per heavy atom. The Labute approximate surface area is 466 Å². The van der Waals surface area contributed by atoms with Gasteiger partial charge in [-0.3, -0.25) is 0 Å². The molecule has 9 aromatic carbocycles. The predicted molar refractivity (Wildman–Crippen MR) is 328 cm³/mol. The van der Waals surface area contributed by atoms with Crippen LogP contribution in [0.4, 0.5) is 0 Å². The molecule has 4 heteroatoms. The molecule has 0 N–H and O–H groups in total. The van der Waals surface area contributed by atoms with Gasteiger partial charge in [-0.2, -0.15) is 0 Å². The summed E-state index contributed by atoms with van der Waals surface area (Å²) in [7, 11) is -5.77. The van der Waals surface area contributed by atoms with E-state index in [-0.39, 0.29) is 0 Å². The van der Waals surface area contributed by atoms with Gasteiger partial charge in [-0.15, -0.1) is 0 Å². The fraction of sp³-hybridized carbons (Fsp3) is 0.0548. The molecule has 2 heterocycles. The molecule has 1 fully saturated rings. The van der Waals surface area contributed by atoms with Crippen LogP contribution in [0, 0.1) is 16.2 Å². The third-order valence-corrected chi connectivity index (χ3v) is 25.2. The quantitative estimate of drug-likeness (QED) is 0.0673. The van der Waals surface area contributed by atoms with Crippen molar-refractivity contribution < 1.29 is 22.7 Å². The van der Waals surface area contributed by atoms with Crippen molar-refractivity contribution in [1.82, 2.24) is 0 Å². The standard InChI is InChI=1S/C73H57OPSi.Os/c1-4-27-56-42-47-61(48-43-56)72-70(59-28-13-6-14-29-59)71(60-30-15-7-16-31-60)73(76(72,68-38-23-11-24-39-68)69-40-25-12-26-41-69)62-49-44-57(45-50-62)46-51-63(52-64-54-74-53-58(64)5-2)55(3)75(65-32-17-8-18-33-65,66-34-19-9-20-35-66)67-36-21-10-22-37-67;/h4-45,47-50,52H,53-54H2,1-2H3;/q+1;/b27-4+,58-5?,63-55?,64-52?;. The summed E-state index contributed by atoms with van der Waals surface area (Å²) in [6.07, 6.45) is 8.76. The summed E-state index contributed by atoms with van der Waals surface area (Å²) in [5.74, 6) is 7.63. The fourth-order valence-corrected chi connectivity index (χ4v) is 22.8. The Morgan fingerprint density at radius 3 is 1.29 bits per heavy atom. The minimum atomic E-state index is -3.21. The van der Waals surface area contributed by atoms with Crippen LogP contribution in [0.1, 0.15) is 47.2 Å². The van der Waals surface area contributed by atoms with Gasteiger partial charge in [0, 0.05) is 0 Å². The second-order valence-corrected chi connectivity index (χ2v) is 26.8. The zero-order valence-electron chi connectivity index (χ0n) is 43.3.